The predicted octanol–water partition coefficient (Wildman–Crippen LogP) is 3.38. The second-order valence-corrected chi connectivity index (χ2v) is 7.27. The predicted molar refractivity (Wildman–Crippen MR) is 110 cm³/mol. The Bertz CT molecular complexity index is 896. The standard InChI is InChI=1S/C23H25FN2O3/c1-16(21(27)11-6-17-4-3-13-26-15-17)29-20-9-7-18(8-10-20)19-5-2-12-23(24,14-19)22(25)28/h2-5,7-10,12-13,15-16,21,27H,6,11,14H2,1H3,(H2,25,28)/t16-,21+,23?/m0/s1. The summed E-state index contributed by atoms with van der Waals surface area (Å²) in [4.78, 5) is 15.4. The lowest BCUT2D eigenvalue weighted by Crippen LogP contribution is -2.38. The maximum absolute atomic E-state index is 14.5. The number of aliphatic hydroxyl groups is 1. The van der Waals surface area contributed by atoms with Crippen molar-refractivity contribution in [2.24, 2.45) is 5.73 Å². The molecule has 3 rings (SSSR count). The van der Waals surface area contributed by atoms with E-state index < -0.39 is 17.7 Å². The average molecular weight is 396 g/mol. The lowest BCUT2D eigenvalue weighted by molar-refractivity contribution is -0.126. The number of carbonyl (C=O) groups is 1. The summed E-state index contributed by atoms with van der Waals surface area (Å²) in [6, 6.07) is 11.0. The summed E-state index contributed by atoms with van der Waals surface area (Å²) in [5.41, 5.74) is 5.55. The molecule has 3 N–H and O–H groups in total. The highest BCUT2D eigenvalue weighted by Crippen LogP contribution is 2.33. The topological polar surface area (TPSA) is 85.4 Å². The summed E-state index contributed by atoms with van der Waals surface area (Å²) in [6.07, 6.45) is 8.15. The number of amides is 1. The largest absolute Gasteiger partial charge is 0.488 e. The Hall–Kier alpha value is -2.99. The molecule has 3 atom stereocenters. The molecule has 0 bridgehead atoms. The fraction of sp³-hybridized carbons (Fsp3) is 0.304. The van der Waals surface area contributed by atoms with Gasteiger partial charge in [0.15, 0.2) is 0 Å². The van der Waals surface area contributed by atoms with Crippen molar-refractivity contribution in [2.75, 3.05) is 0 Å². The molecule has 1 unspecified atom stereocenters. The van der Waals surface area contributed by atoms with Crippen LogP contribution in [0.1, 0.15) is 30.9 Å². The monoisotopic (exact) mass is 396 g/mol. The Morgan fingerprint density at radius 2 is 2.10 bits per heavy atom. The van der Waals surface area contributed by atoms with Crippen molar-refractivity contribution >= 4 is 11.5 Å². The van der Waals surface area contributed by atoms with Crippen LogP contribution in [0.4, 0.5) is 4.39 Å². The van der Waals surface area contributed by atoms with Crippen LogP contribution < -0.4 is 10.5 Å². The first kappa shape index (κ1) is 20.7. The summed E-state index contributed by atoms with van der Waals surface area (Å²) in [6.45, 7) is 1.82. The molecule has 1 aliphatic rings. The molecule has 0 saturated carbocycles. The van der Waals surface area contributed by atoms with E-state index in [1.807, 2.05) is 19.1 Å². The quantitative estimate of drug-likeness (QED) is 0.716. The number of hydrogen-bond acceptors (Lipinski definition) is 4. The molecule has 5 nitrogen and oxygen atoms in total. The number of halogens is 1. The fourth-order valence-corrected chi connectivity index (χ4v) is 3.22. The van der Waals surface area contributed by atoms with Crippen LogP contribution in [0.2, 0.25) is 0 Å². The minimum atomic E-state index is -2.16. The molecule has 152 valence electrons. The maximum atomic E-state index is 14.5. The van der Waals surface area contributed by atoms with Crippen LogP contribution in [0.5, 0.6) is 5.75 Å². The van der Waals surface area contributed by atoms with Gasteiger partial charge in [0.1, 0.15) is 11.9 Å². The highest BCUT2D eigenvalue weighted by molar-refractivity contribution is 5.89. The molecule has 1 aromatic heterocycles. The average Bonchev–Trinajstić information content (AvgIpc) is 2.73. The van der Waals surface area contributed by atoms with Crippen molar-refractivity contribution in [1.29, 1.82) is 0 Å². The van der Waals surface area contributed by atoms with Crippen LogP contribution in [0.15, 0.2) is 67.0 Å². The first-order valence-electron chi connectivity index (χ1n) is 9.59. The molecular formula is C23H25FN2O3. The summed E-state index contributed by atoms with van der Waals surface area (Å²) in [5.74, 6) is -0.386. The Morgan fingerprint density at radius 1 is 1.34 bits per heavy atom. The zero-order valence-electron chi connectivity index (χ0n) is 16.3. The van der Waals surface area contributed by atoms with Crippen molar-refractivity contribution in [3.05, 3.63) is 78.1 Å². The third-order valence-electron chi connectivity index (χ3n) is 5.06. The van der Waals surface area contributed by atoms with Crippen LogP contribution in [-0.2, 0) is 11.2 Å². The lowest BCUT2D eigenvalue weighted by Gasteiger charge is -2.23. The number of nitrogens with two attached hydrogens (primary N) is 1. The number of aliphatic hydroxyl groups excluding tert-OH is 1. The number of ether oxygens (including phenoxy) is 1. The molecule has 1 amide bonds. The third-order valence-corrected chi connectivity index (χ3v) is 5.06. The number of allylic oxidation sites excluding steroid dienone is 3. The zero-order chi connectivity index (χ0) is 20.9. The third kappa shape index (κ3) is 5.29. The van der Waals surface area contributed by atoms with Gasteiger partial charge in [0, 0.05) is 18.8 Å². The zero-order valence-corrected chi connectivity index (χ0v) is 16.3. The molecule has 29 heavy (non-hydrogen) atoms. The van der Waals surface area contributed by atoms with E-state index in [1.54, 1.807) is 42.7 Å². The van der Waals surface area contributed by atoms with E-state index in [9.17, 15) is 14.3 Å². The van der Waals surface area contributed by atoms with E-state index >= 15 is 0 Å². The molecule has 0 fully saturated rings. The first-order chi connectivity index (χ1) is 13.9. The number of pyridine rings is 1. The van der Waals surface area contributed by atoms with E-state index in [2.05, 4.69) is 4.98 Å². The van der Waals surface area contributed by atoms with Crippen molar-refractivity contribution < 1.29 is 19.0 Å². The van der Waals surface area contributed by atoms with Gasteiger partial charge in [-0.1, -0.05) is 30.4 Å². The summed E-state index contributed by atoms with van der Waals surface area (Å²) in [5, 5.41) is 10.4. The molecule has 1 heterocycles. The van der Waals surface area contributed by atoms with Gasteiger partial charge >= 0.3 is 0 Å². The van der Waals surface area contributed by atoms with Crippen molar-refractivity contribution in [3.63, 3.8) is 0 Å². The Balaban J connectivity index is 1.57. The van der Waals surface area contributed by atoms with E-state index in [4.69, 9.17) is 10.5 Å². The number of aryl methyl sites for hydroxylation is 1. The molecular weight excluding hydrogens is 371 g/mol. The number of primary amides is 1. The molecule has 2 aromatic rings. The number of nitrogens with zero attached hydrogens (tertiary/aromatic N) is 1. The summed E-state index contributed by atoms with van der Waals surface area (Å²) >= 11 is 0. The van der Waals surface area contributed by atoms with Gasteiger partial charge in [0.25, 0.3) is 5.91 Å². The molecule has 0 saturated heterocycles. The number of aromatic nitrogens is 1. The second-order valence-electron chi connectivity index (χ2n) is 7.27. The summed E-state index contributed by atoms with van der Waals surface area (Å²) < 4.78 is 20.3. The minimum absolute atomic E-state index is 0.0947. The highest BCUT2D eigenvalue weighted by atomic mass is 19.1. The van der Waals surface area contributed by atoms with Crippen molar-refractivity contribution in [2.45, 2.75) is 44.1 Å². The van der Waals surface area contributed by atoms with E-state index in [0.717, 1.165) is 11.1 Å². The maximum Gasteiger partial charge on any atom is 0.259 e. The van der Waals surface area contributed by atoms with Gasteiger partial charge in [0.2, 0.25) is 5.67 Å². The number of benzene rings is 1. The fourth-order valence-electron chi connectivity index (χ4n) is 3.22. The Kier molecular flexibility index (Phi) is 6.44. The van der Waals surface area contributed by atoms with Gasteiger partial charge in [-0.3, -0.25) is 9.78 Å². The van der Waals surface area contributed by atoms with Gasteiger partial charge in [0.05, 0.1) is 6.10 Å². The number of carbonyl (C=O) groups excluding carboxylic acids is 1. The van der Waals surface area contributed by atoms with Crippen LogP contribution in [-0.4, -0.2) is 33.9 Å². The Morgan fingerprint density at radius 3 is 2.76 bits per heavy atom. The van der Waals surface area contributed by atoms with Crippen LogP contribution >= 0.6 is 0 Å². The molecule has 1 aromatic carbocycles. The van der Waals surface area contributed by atoms with Gasteiger partial charge in [-0.2, -0.15) is 0 Å². The van der Waals surface area contributed by atoms with Gasteiger partial charge < -0.3 is 15.6 Å². The SMILES string of the molecule is C[C@H](Oc1ccc(C2=CC=CC(F)(C(N)=O)C2)cc1)[C@H](O)CCc1cccnc1. The van der Waals surface area contributed by atoms with Crippen LogP contribution in [0, 0.1) is 0 Å². The molecule has 0 spiro atoms. The normalized spacial score (nSPS) is 20.6. The van der Waals surface area contributed by atoms with E-state index in [0.29, 0.717) is 24.2 Å². The van der Waals surface area contributed by atoms with E-state index in [-0.39, 0.29) is 12.5 Å². The van der Waals surface area contributed by atoms with Crippen molar-refractivity contribution in [3.8, 4) is 5.75 Å². The van der Waals surface area contributed by atoms with Crippen LogP contribution in [0.25, 0.3) is 5.57 Å². The number of rotatable bonds is 8. The second kappa shape index (κ2) is 9.01. The number of alkyl halides is 1. The van der Waals surface area contributed by atoms with Gasteiger partial charge in [-0.15, -0.1) is 0 Å². The van der Waals surface area contributed by atoms with Crippen LogP contribution in [0.3, 0.4) is 0 Å². The van der Waals surface area contributed by atoms with Gasteiger partial charge in [-0.25, -0.2) is 4.39 Å². The van der Waals surface area contributed by atoms with E-state index in [1.165, 1.54) is 12.2 Å². The van der Waals surface area contributed by atoms with Crippen molar-refractivity contribution in [1.82, 2.24) is 4.98 Å². The van der Waals surface area contributed by atoms with Gasteiger partial charge in [-0.05, 0) is 60.7 Å². The first-order valence-corrected chi connectivity index (χ1v) is 9.59. The smallest absolute Gasteiger partial charge is 0.259 e. The lowest BCUT2D eigenvalue weighted by atomic mass is 9.87. The highest BCUT2D eigenvalue weighted by Gasteiger charge is 2.36. The molecule has 0 radical (unpaired) electrons. The molecule has 6 heteroatoms. The molecule has 1 aliphatic carbocycles. The number of hydrogen-bond donors (Lipinski definition) is 2. The minimum Gasteiger partial charge on any atom is -0.488 e. The summed E-state index contributed by atoms with van der Waals surface area (Å²) in [7, 11) is 0. The molecule has 0 aliphatic heterocycles. The Labute approximate surface area is 169 Å².